The molecule has 0 fully saturated rings. The number of carbonyl (C=O) groups is 1. The van der Waals surface area contributed by atoms with Crippen LogP contribution in [0.5, 0.6) is 0 Å². The summed E-state index contributed by atoms with van der Waals surface area (Å²) < 4.78 is 0. The first-order valence-electron chi connectivity index (χ1n) is 6.65. The van der Waals surface area contributed by atoms with Gasteiger partial charge in [0, 0.05) is 22.8 Å². The molecule has 22 heavy (non-hydrogen) atoms. The minimum Gasteiger partial charge on any atom is -0.332 e. The number of nitrogens with one attached hydrogen (secondary N) is 2. The molecule has 0 spiro atoms. The fraction of sp³-hybridized carbons (Fsp3) is 0.143. The quantitative estimate of drug-likeness (QED) is 0.747. The van der Waals surface area contributed by atoms with Gasteiger partial charge < -0.3 is 5.32 Å². The lowest BCUT2D eigenvalue weighted by molar-refractivity contribution is 0.102. The maximum atomic E-state index is 12.3. The molecule has 0 aliphatic heterocycles. The van der Waals surface area contributed by atoms with Crippen LogP contribution >= 0.6 is 22.7 Å². The van der Waals surface area contributed by atoms with Crippen molar-refractivity contribution in [2.24, 2.45) is 0 Å². The molecule has 6 nitrogen and oxygen atoms in total. The highest BCUT2D eigenvalue weighted by Crippen LogP contribution is 2.21. The Morgan fingerprint density at radius 2 is 2.18 bits per heavy atom. The normalized spacial score (nSPS) is 10.4. The summed E-state index contributed by atoms with van der Waals surface area (Å²) >= 11 is 2.89. The van der Waals surface area contributed by atoms with E-state index in [0.29, 0.717) is 10.7 Å². The van der Waals surface area contributed by atoms with Crippen molar-refractivity contribution in [3.63, 3.8) is 0 Å². The number of amides is 1. The van der Waals surface area contributed by atoms with E-state index in [1.165, 1.54) is 22.7 Å². The van der Waals surface area contributed by atoms with Gasteiger partial charge in [0.25, 0.3) is 5.91 Å². The smallest absolute Gasteiger partial charge is 0.257 e. The zero-order chi connectivity index (χ0) is 15.4. The molecule has 2 N–H and O–H groups in total. The third kappa shape index (κ3) is 3.46. The molecule has 0 bridgehead atoms. The van der Waals surface area contributed by atoms with E-state index in [0.717, 1.165) is 22.2 Å². The number of benzene rings is 1. The number of hydrogen-bond acceptors (Lipinski definition) is 7. The second-order valence-electron chi connectivity index (χ2n) is 4.35. The molecule has 2 aromatic heterocycles. The standard InChI is InChI=1S/C14H13N5OS2/c1-2-11-18-19-14(22-11)17-12(20)9-4-3-5-10(8-9)16-13-15-6-7-21-13/h3-8H,2H2,1H3,(H,15,16)(H,17,19,20). The van der Waals surface area contributed by atoms with Crippen molar-refractivity contribution in [1.82, 2.24) is 15.2 Å². The molecular weight excluding hydrogens is 318 g/mol. The van der Waals surface area contributed by atoms with E-state index in [2.05, 4.69) is 25.8 Å². The van der Waals surface area contributed by atoms with Gasteiger partial charge in [-0.05, 0) is 24.6 Å². The number of aromatic nitrogens is 3. The summed E-state index contributed by atoms with van der Waals surface area (Å²) in [6.07, 6.45) is 2.53. The summed E-state index contributed by atoms with van der Waals surface area (Å²) in [4.78, 5) is 16.4. The van der Waals surface area contributed by atoms with Crippen molar-refractivity contribution in [3.8, 4) is 0 Å². The maximum Gasteiger partial charge on any atom is 0.257 e. The predicted molar refractivity (Wildman–Crippen MR) is 89.1 cm³/mol. The van der Waals surface area contributed by atoms with Crippen molar-refractivity contribution < 1.29 is 4.79 Å². The van der Waals surface area contributed by atoms with E-state index in [1.54, 1.807) is 18.3 Å². The van der Waals surface area contributed by atoms with Gasteiger partial charge in [0.05, 0.1) is 0 Å². The Morgan fingerprint density at radius 3 is 2.91 bits per heavy atom. The monoisotopic (exact) mass is 331 g/mol. The predicted octanol–water partition coefficient (Wildman–Crippen LogP) is 3.55. The Hall–Kier alpha value is -2.32. The third-order valence-electron chi connectivity index (χ3n) is 2.80. The lowest BCUT2D eigenvalue weighted by atomic mass is 10.2. The van der Waals surface area contributed by atoms with Gasteiger partial charge in [0.15, 0.2) is 5.13 Å². The molecule has 0 aliphatic carbocycles. The number of thiazole rings is 1. The molecule has 1 amide bonds. The van der Waals surface area contributed by atoms with E-state index in [-0.39, 0.29) is 5.91 Å². The number of anilines is 3. The molecule has 0 saturated heterocycles. The number of rotatable bonds is 5. The number of nitrogens with zero attached hydrogens (tertiary/aromatic N) is 3. The van der Waals surface area contributed by atoms with Crippen molar-refractivity contribution in [2.75, 3.05) is 10.6 Å². The fourth-order valence-electron chi connectivity index (χ4n) is 1.76. The highest BCUT2D eigenvalue weighted by molar-refractivity contribution is 7.15. The van der Waals surface area contributed by atoms with Crippen LogP contribution in [0.1, 0.15) is 22.3 Å². The van der Waals surface area contributed by atoms with E-state index in [4.69, 9.17) is 0 Å². The minimum atomic E-state index is -0.207. The van der Waals surface area contributed by atoms with Crippen molar-refractivity contribution in [1.29, 1.82) is 0 Å². The highest BCUT2D eigenvalue weighted by atomic mass is 32.1. The molecular formula is C14H13N5OS2. The average molecular weight is 331 g/mol. The van der Waals surface area contributed by atoms with E-state index in [1.807, 2.05) is 24.4 Å². The van der Waals surface area contributed by atoms with Gasteiger partial charge in [0.2, 0.25) is 5.13 Å². The number of hydrogen-bond donors (Lipinski definition) is 2. The molecule has 112 valence electrons. The van der Waals surface area contributed by atoms with Gasteiger partial charge in [-0.3, -0.25) is 10.1 Å². The Morgan fingerprint density at radius 1 is 1.27 bits per heavy atom. The number of aryl methyl sites for hydroxylation is 1. The third-order valence-corrected chi connectivity index (χ3v) is 4.47. The molecule has 8 heteroatoms. The molecule has 1 aromatic carbocycles. The molecule has 3 rings (SSSR count). The topological polar surface area (TPSA) is 79.8 Å². The Balaban J connectivity index is 1.72. The van der Waals surface area contributed by atoms with E-state index >= 15 is 0 Å². The van der Waals surface area contributed by atoms with Gasteiger partial charge in [0.1, 0.15) is 5.01 Å². The van der Waals surface area contributed by atoms with Crippen molar-refractivity contribution in [3.05, 3.63) is 46.4 Å². The fourth-order valence-corrected chi connectivity index (χ4v) is 2.99. The first-order valence-corrected chi connectivity index (χ1v) is 8.34. The molecule has 3 aromatic rings. The van der Waals surface area contributed by atoms with Crippen LogP contribution in [0.2, 0.25) is 0 Å². The lowest BCUT2D eigenvalue weighted by Crippen LogP contribution is -2.11. The summed E-state index contributed by atoms with van der Waals surface area (Å²) in [6, 6.07) is 7.24. The Labute approximate surface area is 135 Å². The van der Waals surface area contributed by atoms with Crippen molar-refractivity contribution >= 4 is 44.5 Å². The maximum absolute atomic E-state index is 12.3. The Kier molecular flexibility index (Phi) is 4.40. The molecule has 0 unspecified atom stereocenters. The average Bonchev–Trinajstić information content (AvgIpc) is 3.19. The molecule has 0 radical (unpaired) electrons. The molecule has 0 aliphatic rings. The van der Waals surface area contributed by atoms with Gasteiger partial charge in [-0.2, -0.15) is 0 Å². The first kappa shape index (κ1) is 14.6. The lowest BCUT2D eigenvalue weighted by Gasteiger charge is -2.05. The zero-order valence-corrected chi connectivity index (χ0v) is 13.4. The van der Waals surface area contributed by atoms with Gasteiger partial charge in [-0.15, -0.1) is 21.5 Å². The van der Waals surface area contributed by atoms with Gasteiger partial charge >= 0.3 is 0 Å². The zero-order valence-electron chi connectivity index (χ0n) is 11.7. The van der Waals surface area contributed by atoms with E-state index < -0.39 is 0 Å². The highest BCUT2D eigenvalue weighted by Gasteiger charge is 2.10. The second-order valence-corrected chi connectivity index (χ2v) is 6.31. The molecule has 0 atom stereocenters. The van der Waals surface area contributed by atoms with Crippen molar-refractivity contribution in [2.45, 2.75) is 13.3 Å². The Bertz CT molecular complexity index is 769. The van der Waals surface area contributed by atoms with Crippen LogP contribution in [-0.4, -0.2) is 21.1 Å². The summed E-state index contributed by atoms with van der Waals surface area (Å²) in [5.74, 6) is -0.207. The van der Waals surface area contributed by atoms with Crippen LogP contribution in [0.15, 0.2) is 35.8 Å². The van der Waals surface area contributed by atoms with Gasteiger partial charge in [-0.1, -0.05) is 24.3 Å². The number of carbonyl (C=O) groups excluding carboxylic acids is 1. The second kappa shape index (κ2) is 6.63. The largest absolute Gasteiger partial charge is 0.332 e. The molecule has 0 saturated carbocycles. The van der Waals surface area contributed by atoms with Crippen LogP contribution in [0, 0.1) is 0 Å². The summed E-state index contributed by atoms with van der Waals surface area (Å²) in [7, 11) is 0. The summed E-state index contributed by atoms with van der Waals surface area (Å²) in [5.41, 5.74) is 1.36. The van der Waals surface area contributed by atoms with Crippen LogP contribution in [0.4, 0.5) is 16.0 Å². The van der Waals surface area contributed by atoms with Crippen LogP contribution < -0.4 is 10.6 Å². The van der Waals surface area contributed by atoms with Crippen LogP contribution in [0.3, 0.4) is 0 Å². The SMILES string of the molecule is CCc1nnc(NC(=O)c2cccc(Nc3nccs3)c2)s1. The van der Waals surface area contributed by atoms with E-state index in [9.17, 15) is 4.79 Å². The first-order chi connectivity index (χ1) is 10.7. The van der Waals surface area contributed by atoms with Gasteiger partial charge in [-0.25, -0.2) is 4.98 Å². The van der Waals surface area contributed by atoms with Crippen LogP contribution in [0.25, 0.3) is 0 Å². The minimum absolute atomic E-state index is 0.207. The summed E-state index contributed by atoms with van der Waals surface area (Å²) in [5, 5.41) is 17.9. The molecule has 2 heterocycles. The summed E-state index contributed by atoms with van der Waals surface area (Å²) in [6.45, 7) is 2.00. The van der Waals surface area contributed by atoms with Crippen LogP contribution in [-0.2, 0) is 6.42 Å².